The van der Waals surface area contributed by atoms with Crippen molar-refractivity contribution < 1.29 is 9.84 Å². The van der Waals surface area contributed by atoms with E-state index in [-0.39, 0.29) is 12.6 Å². The van der Waals surface area contributed by atoms with E-state index in [1.165, 1.54) is 25.7 Å². The minimum Gasteiger partial charge on any atom is -0.396 e. The maximum absolute atomic E-state index is 9.03. The molecule has 0 spiro atoms. The van der Waals surface area contributed by atoms with E-state index in [1.807, 2.05) is 0 Å². The predicted octanol–water partition coefficient (Wildman–Crippen LogP) is 1.28. The molecule has 1 saturated heterocycles. The number of rotatable bonds is 8. The van der Waals surface area contributed by atoms with Crippen molar-refractivity contribution in [2.45, 2.75) is 63.6 Å². The van der Waals surface area contributed by atoms with Crippen molar-refractivity contribution in [2.24, 2.45) is 0 Å². The van der Waals surface area contributed by atoms with Crippen LogP contribution in [0.5, 0.6) is 0 Å². The van der Waals surface area contributed by atoms with Crippen LogP contribution in [0.1, 0.15) is 45.4 Å². The van der Waals surface area contributed by atoms with Gasteiger partial charge in [0.25, 0.3) is 0 Å². The van der Waals surface area contributed by atoms with E-state index < -0.39 is 0 Å². The molecule has 3 atom stereocenters. The maximum Gasteiger partial charge on any atom is 0.0616 e. The molecule has 0 aromatic heterocycles. The fourth-order valence-electron chi connectivity index (χ4n) is 2.77. The first-order valence-corrected chi connectivity index (χ1v) is 7.35. The van der Waals surface area contributed by atoms with Crippen molar-refractivity contribution in [1.82, 2.24) is 10.6 Å². The number of nitrogens with one attached hydrogen (secondary N) is 2. The van der Waals surface area contributed by atoms with Gasteiger partial charge in [-0.1, -0.05) is 12.8 Å². The van der Waals surface area contributed by atoms with E-state index in [2.05, 4.69) is 17.6 Å². The molecular weight excluding hydrogens is 228 g/mol. The topological polar surface area (TPSA) is 53.5 Å². The van der Waals surface area contributed by atoms with E-state index in [0.29, 0.717) is 18.7 Å². The second-order valence-corrected chi connectivity index (χ2v) is 5.47. The van der Waals surface area contributed by atoms with Crippen LogP contribution in [0.4, 0.5) is 0 Å². The van der Waals surface area contributed by atoms with Gasteiger partial charge in [-0.25, -0.2) is 0 Å². The molecule has 1 rings (SSSR count). The Morgan fingerprint density at radius 2 is 2.22 bits per heavy atom. The van der Waals surface area contributed by atoms with E-state index in [1.54, 1.807) is 7.11 Å². The highest BCUT2D eigenvalue weighted by Gasteiger charge is 2.17. The summed E-state index contributed by atoms with van der Waals surface area (Å²) in [5.74, 6) is 0. The third-order valence-corrected chi connectivity index (χ3v) is 3.67. The molecule has 3 unspecified atom stereocenters. The number of methoxy groups -OCH3 is 1. The molecule has 1 aliphatic rings. The van der Waals surface area contributed by atoms with Crippen LogP contribution in [0, 0.1) is 0 Å². The number of aliphatic hydroxyl groups excluding tert-OH is 1. The molecule has 1 fully saturated rings. The van der Waals surface area contributed by atoms with Crippen molar-refractivity contribution >= 4 is 0 Å². The second-order valence-electron chi connectivity index (χ2n) is 5.47. The van der Waals surface area contributed by atoms with Crippen LogP contribution in [-0.2, 0) is 4.74 Å². The SMILES string of the molecule is COCC(CCO)NC(C)CC1CCCCCN1. The van der Waals surface area contributed by atoms with Gasteiger partial charge in [-0.15, -0.1) is 0 Å². The average molecular weight is 258 g/mol. The summed E-state index contributed by atoms with van der Waals surface area (Å²) in [5.41, 5.74) is 0. The van der Waals surface area contributed by atoms with Gasteiger partial charge in [-0.3, -0.25) is 0 Å². The lowest BCUT2D eigenvalue weighted by Gasteiger charge is -2.26. The smallest absolute Gasteiger partial charge is 0.0616 e. The molecule has 0 aliphatic carbocycles. The number of aliphatic hydroxyl groups is 1. The highest BCUT2D eigenvalue weighted by molar-refractivity contribution is 4.78. The first kappa shape index (κ1) is 15.9. The average Bonchev–Trinajstić information content (AvgIpc) is 2.58. The summed E-state index contributed by atoms with van der Waals surface area (Å²) in [6.07, 6.45) is 7.24. The van der Waals surface area contributed by atoms with E-state index in [0.717, 1.165) is 19.4 Å². The second kappa shape index (κ2) is 9.73. The molecule has 4 nitrogen and oxygen atoms in total. The van der Waals surface area contributed by atoms with Crippen molar-refractivity contribution in [1.29, 1.82) is 0 Å². The Bertz CT molecular complexity index is 184. The third-order valence-electron chi connectivity index (χ3n) is 3.67. The fourth-order valence-corrected chi connectivity index (χ4v) is 2.77. The Morgan fingerprint density at radius 1 is 1.39 bits per heavy atom. The van der Waals surface area contributed by atoms with Crippen LogP contribution in [0.25, 0.3) is 0 Å². The Hall–Kier alpha value is -0.160. The van der Waals surface area contributed by atoms with Gasteiger partial charge in [0.15, 0.2) is 0 Å². The fraction of sp³-hybridized carbons (Fsp3) is 1.00. The van der Waals surface area contributed by atoms with Gasteiger partial charge < -0.3 is 20.5 Å². The molecule has 1 aliphatic heterocycles. The van der Waals surface area contributed by atoms with Crippen molar-refractivity contribution in [2.75, 3.05) is 26.9 Å². The van der Waals surface area contributed by atoms with Crippen LogP contribution in [0.3, 0.4) is 0 Å². The summed E-state index contributed by atoms with van der Waals surface area (Å²) in [6, 6.07) is 1.38. The quantitative estimate of drug-likeness (QED) is 0.614. The summed E-state index contributed by atoms with van der Waals surface area (Å²) in [4.78, 5) is 0. The summed E-state index contributed by atoms with van der Waals surface area (Å²) in [5, 5.41) is 16.2. The minimum atomic E-state index is 0.218. The van der Waals surface area contributed by atoms with E-state index in [4.69, 9.17) is 9.84 Å². The van der Waals surface area contributed by atoms with E-state index in [9.17, 15) is 0 Å². The minimum absolute atomic E-state index is 0.218. The first-order valence-electron chi connectivity index (χ1n) is 7.35. The van der Waals surface area contributed by atoms with Gasteiger partial charge >= 0.3 is 0 Å². The Morgan fingerprint density at radius 3 is 2.94 bits per heavy atom. The van der Waals surface area contributed by atoms with Crippen LogP contribution in [-0.4, -0.2) is 50.1 Å². The van der Waals surface area contributed by atoms with Gasteiger partial charge in [0.05, 0.1) is 6.61 Å². The lowest BCUT2D eigenvalue weighted by atomic mass is 10.0. The molecule has 0 aromatic carbocycles. The van der Waals surface area contributed by atoms with E-state index >= 15 is 0 Å². The summed E-state index contributed by atoms with van der Waals surface area (Å²) in [7, 11) is 1.71. The molecule has 1 heterocycles. The molecule has 18 heavy (non-hydrogen) atoms. The molecule has 4 heteroatoms. The Labute approximate surface area is 111 Å². The van der Waals surface area contributed by atoms with Crippen LogP contribution >= 0.6 is 0 Å². The predicted molar refractivity (Wildman–Crippen MR) is 74.8 cm³/mol. The third kappa shape index (κ3) is 6.69. The molecule has 0 amide bonds. The lowest BCUT2D eigenvalue weighted by molar-refractivity contribution is 0.141. The first-order chi connectivity index (χ1) is 8.76. The standard InChI is InChI=1S/C14H30N2O2/c1-12(16-14(7-9-17)11-18-2)10-13-6-4-3-5-8-15-13/h12-17H,3-11H2,1-2H3. The number of ether oxygens (including phenoxy) is 1. The normalized spacial score (nSPS) is 24.5. The molecule has 0 aromatic rings. The van der Waals surface area contributed by atoms with Crippen molar-refractivity contribution in [3.05, 3.63) is 0 Å². The van der Waals surface area contributed by atoms with Gasteiger partial charge in [0.1, 0.15) is 0 Å². The monoisotopic (exact) mass is 258 g/mol. The van der Waals surface area contributed by atoms with Gasteiger partial charge in [0.2, 0.25) is 0 Å². The molecular formula is C14H30N2O2. The molecule has 108 valence electrons. The lowest BCUT2D eigenvalue weighted by Crippen LogP contribution is -2.43. The number of hydrogen-bond donors (Lipinski definition) is 3. The number of hydrogen-bond acceptors (Lipinski definition) is 4. The maximum atomic E-state index is 9.03. The van der Waals surface area contributed by atoms with Crippen molar-refractivity contribution in [3.8, 4) is 0 Å². The van der Waals surface area contributed by atoms with Crippen LogP contribution < -0.4 is 10.6 Å². The van der Waals surface area contributed by atoms with Crippen LogP contribution in [0.15, 0.2) is 0 Å². The molecule has 0 bridgehead atoms. The molecule has 0 saturated carbocycles. The summed E-state index contributed by atoms with van der Waals surface area (Å²) in [6.45, 7) is 4.28. The van der Waals surface area contributed by atoms with Crippen LogP contribution in [0.2, 0.25) is 0 Å². The van der Waals surface area contributed by atoms with Crippen molar-refractivity contribution in [3.63, 3.8) is 0 Å². The van der Waals surface area contributed by atoms with Gasteiger partial charge in [0, 0.05) is 31.8 Å². The zero-order valence-electron chi connectivity index (χ0n) is 12.0. The molecule has 0 radical (unpaired) electrons. The largest absolute Gasteiger partial charge is 0.396 e. The molecule has 3 N–H and O–H groups in total. The Balaban J connectivity index is 2.26. The summed E-state index contributed by atoms with van der Waals surface area (Å²) < 4.78 is 5.18. The summed E-state index contributed by atoms with van der Waals surface area (Å²) >= 11 is 0. The zero-order chi connectivity index (χ0) is 13.2. The Kier molecular flexibility index (Phi) is 8.59. The van der Waals surface area contributed by atoms with Gasteiger partial charge in [-0.2, -0.15) is 0 Å². The zero-order valence-corrected chi connectivity index (χ0v) is 12.0. The highest BCUT2D eigenvalue weighted by atomic mass is 16.5. The van der Waals surface area contributed by atoms with Gasteiger partial charge in [-0.05, 0) is 39.2 Å². The highest BCUT2D eigenvalue weighted by Crippen LogP contribution is 2.13.